The molecular weight excluding hydrogens is 383 g/mol. The van der Waals surface area contributed by atoms with Gasteiger partial charge in [-0.05, 0) is 50.3 Å². The molecule has 27 heavy (non-hydrogen) atoms. The number of β-amino-alcohol motifs (C(OH)–C–C–N with tert-alkyl or cyclic N) is 1. The molecule has 1 aromatic rings. The fourth-order valence-electron chi connectivity index (χ4n) is 2.78. The highest BCUT2D eigenvalue weighted by molar-refractivity contribution is 8.11. The number of hydrogen-bond donors (Lipinski definition) is 4. The molecule has 4 N–H and O–H groups in total. The molecule has 1 unspecified atom stereocenters. The molecule has 4 rings (SSSR count). The van der Waals surface area contributed by atoms with Crippen LogP contribution in [-0.2, 0) is 11.8 Å². The van der Waals surface area contributed by atoms with Crippen molar-refractivity contribution < 1.29 is 15.3 Å². The van der Waals surface area contributed by atoms with Crippen LogP contribution < -0.4 is 5.32 Å². The highest BCUT2D eigenvalue weighted by Crippen LogP contribution is 2.65. The van der Waals surface area contributed by atoms with Crippen LogP contribution in [0, 0.1) is 0 Å². The summed E-state index contributed by atoms with van der Waals surface area (Å²) in [6.45, 7) is 12.6. The summed E-state index contributed by atoms with van der Waals surface area (Å²) in [7, 11) is 0. The molecule has 152 valence electrons. The van der Waals surface area contributed by atoms with Gasteiger partial charge in [0.05, 0.1) is 6.10 Å². The minimum absolute atomic E-state index is 0.0511. The van der Waals surface area contributed by atoms with E-state index in [1.165, 1.54) is 57.5 Å². The zero-order valence-corrected chi connectivity index (χ0v) is 18.0. The van der Waals surface area contributed by atoms with E-state index in [2.05, 4.69) is 19.3 Å². The van der Waals surface area contributed by atoms with E-state index in [9.17, 15) is 15.3 Å². The highest BCUT2D eigenvalue weighted by Gasteiger charge is 2.50. The van der Waals surface area contributed by atoms with Crippen LogP contribution in [0.2, 0.25) is 0 Å². The SMILES string of the molecule is CC(C)(C)NCC(O)c1cc(O)cc(O)c1.S=P(N1CC1)(N1CC1)N1CC1. The zero-order chi connectivity index (χ0) is 19.8. The summed E-state index contributed by atoms with van der Waals surface area (Å²) in [6, 6.07) is 4.11. The van der Waals surface area contributed by atoms with Crippen molar-refractivity contribution in [1.29, 1.82) is 0 Å². The Bertz CT molecular complexity index is 657. The third kappa shape index (κ3) is 5.87. The van der Waals surface area contributed by atoms with Gasteiger partial charge in [0.25, 0.3) is 0 Å². The lowest BCUT2D eigenvalue weighted by atomic mass is 10.1. The number of phenolic OH excluding ortho intramolecular Hbond substituents is 2. The molecule has 0 saturated carbocycles. The van der Waals surface area contributed by atoms with Gasteiger partial charge in [-0.1, -0.05) is 0 Å². The first-order chi connectivity index (χ1) is 12.6. The Labute approximate surface area is 166 Å². The molecule has 3 aliphatic heterocycles. The molecule has 0 radical (unpaired) electrons. The molecule has 1 aromatic carbocycles. The molecule has 0 aromatic heterocycles. The molecule has 0 aliphatic carbocycles. The summed E-state index contributed by atoms with van der Waals surface area (Å²) in [5.41, 5.74) is 0.411. The summed E-state index contributed by atoms with van der Waals surface area (Å²) in [5, 5.41) is 31.6. The summed E-state index contributed by atoms with van der Waals surface area (Å²) >= 11 is 5.75. The van der Waals surface area contributed by atoms with E-state index < -0.39 is 12.6 Å². The standard InChI is InChI=1S/C12H19NO3.C6H12N3PS/c1-12(2,3)13-7-11(16)8-4-9(14)6-10(15)5-8;11-10(7-1-2-7,8-3-4-8)9-5-6-9/h4-6,11,13-16H,7H2,1-3H3;1-6H2. The van der Waals surface area contributed by atoms with Crippen LogP contribution in [0.1, 0.15) is 32.4 Å². The van der Waals surface area contributed by atoms with E-state index in [-0.39, 0.29) is 17.0 Å². The van der Waals surface area contributed by atoms with Crippen LogP contribution in [0.25, 0.3) is 0 Å². The van der Waals surface area contributed by atoms with E-state index in [0.717, 1.165) is 0 Å². The van der Waals surface area contributed by atoms with Gasteiger partial charge in [0.1, 0.15) is 18.0 Å². The Kier molecular flexibility index (Phi) is 6.18. The Morgan fingerprint density at radius 3 is 1.70 bits per heavy atom. The molecular formula is C18H31N4O3PS. The lowest BCUT2D eigenvalue weighted by molar-refractivity contribution is 0.162. The summed E-state index contributed by atoms with van der Waals surface area (Å²) in [5.74, 6) is -0.102. The third-order valence-electron chi connectivity index (χ3n) is 4.51. The number of phenols is 2. The van der Waals surface area contributed by atoms with Crippen LogP contribution >= 0.6 is 6.49 Å². The maximum atomic E-state index is 9.85. The first-order valence-electron chi connectivity index (χ1n) is 9.42. The summed E-state index contributed by atoms with van der Waals surface area (Å²) in [6.07, 6.45) is -0.753. The molecule has 1 atom stereocenters. The van der Waals surface area contributed by atoms with Crippen LogP contribution in [0.5, 0.6) is 11.5 Å². The molecule has 0 spiro atoms. The Morgan fingerprint density at radius 1 is 0.963 bits per heavy atom. The Balaban J connectivity index is 0.000000164. The van der Waals surface area contributed by atoms with Crippen LogP contribution in [0.3, 0.4) is 0 Å². The molecule has 3 heterocycles. The Morgan fingerprint density at radius 2 is 1.37 bits per heavy atom. The lowest BCUT2D eigenvalue weighted by Crippen LogP contribution is -2.38. The molecule has 0 bridgehead atoms. The number of benzene rings is 1. The van der Waals surface area contributed by atoms with E-state index >= 15 is 0 Å². The fraction of sp³-hybridized carbons (Fsp3) is 0.667. The summed E-state index contributed by atoms with van der Waals surface area (Å²) in [4.78, 5) is 0. The van der Waals surface area contributed by atoms with Gasteiger partial charge in [-0.3, -0.25) is 0 Å². The number of hydrogen-bond acceptors (Lipinski definition) is 5. The minimum Gasteiger partial charge on any atom is -0.508 e. The van der Waals surface area contributed by atoms with Gasteiger partial charge in [-0.15, -0.1) is 0 Å². The van der Waals surface area contributed by atoms with Crippen molar-refractivity contribution in [2.45, 2.75) is 32.4 Å². The average molecular weight is 415 g/mol. The first-order valence-corrected chi connectivity index (χ1v) is 12.1. The van der Waals surface area contributed by atoms with Crippen molar-refractivity contribution in [3.8, 4) is 11.5 Å². The topological polar surface area (TPSA) is 81.8 Å². The predicted octanol–water partition coefficient (Wildman–Crippen LogP) is 1.68. The average Bonchev–Trinajstić information content (AvgIpc) is 3.43. The maximum absolute atomic E-state index is 9.85. The monoisotopic (exact) mass is 414 g/mol. The number of nitrogens with one attached hydrogen (secondary N) is 1. The number of nitrogens with zero attached hydrogens (tertiary/aromatic N) is 3. The number of rotatable bonds is 6. The second-order valence-electron chi connectivity index (χ2n) is 8.30. The van der Waals surface area contributed by atoms with E-state index in [4.69, 9.17) is 11.8 Å². The van der Waals surface area contributed by atoms with E-state index in [0.29, 0.717) is 12.1 Å². The highest BCUT2D eigenvalue weighted by atomic mass is 32.4. The van der Waals surface area contributed by atoms with Crippen LogP contribution in [0.15, 0.2) is 18.2 Å². The van der Waals surface area contributed by atoms with Gasteiger partial charge in [0.15, 0.2) is 0 Å². The van der Waals surface area contributed by atoms with Gasteiger partial charge >= 0.3 is 0 Å². The quantitative estimate of drug-likeness (QED) is 0.414. The molecule has 3 saturated heterocycles. The van der Waals surface area contributed by atoms with Crippen molar-refractivity contribution in [3.63, 3.8) is 0 Å². The van der Waals surface area contributed by atoms with Crippen molar-refractivity contribution in [2.75, 3.05) is 45.8 Å². The van der Waals surface area contributed by atoms with Crippen molar-refractivity contribution >= 4 is 18.3 Å². The van der Waals surface area contributed by atoms with Gasteiger partial charge < -0.3 is 20.6 Å². The second-order valence-corrected chi connectivity index (χ2v) is 12.5. The van der Waals surface area contributed by atoms with Crippen molar-refractivity contribution in [1.82, 2.24) is 19.3 Å². The number of aliphatic hydroxyl groups excluding tert-OH is 1. The van der Waals surface area contributed by atoms with Gasteiger partial charge in [-0.2, -0.15) is 0 Å². The van der Waals surface area contributed by atoms with E-state index in [1.807, 2.05) is 20.8 Å². The van der Waals surface area contributed by atoms with Gasteiger partial charge in [0.2, 0.25) is 0 Å². The van der Waals surface area contributed by atoms with E-state index in [1.54, 1.807) is 0 Å². The zero-order valence-electron chi connectivity index (χ0n) is 16.3. The normalized spacial score (nSPS) is 21.3. The fourth-order valence-corrected chi connectivity index (χ4v) is 7.16. The van der Waals surface area contributed by atoms with Crippen LogP contribution in [-0.4, -0.2) is 80.7 Å². The van der Waals surface area contributed by atoms with Gasteiger partial charge in [0, 0.05) is 57.4 Å². The minimum atomic E-state index is -1.27. The van der Waals surface area contributed by atoms with Crippen molar-refractivity contribution in [2.24, 2.45) is 0 Å². The molecule has 7 nitrogen and oxygen atoms in total. The summed E-state index contributed by atoms with van der Waals surface area (Å²) < 4.78 is 7.47. The molecule has 3 fully saturated rings. The number of aliphatic hydroxyl groups is 1. The van der Waals surface area contributed by atoms with Crippen LogP contribution in [0.4, 0.5) is 0 Å². The molecule has 3 aliphatic rings. The number of aromatic hydroxyl groups is 2. The first kappa shape index (κ1) is 21.0. The van der Waals surface area contributed by atoms with Crippen molar-refractivity contribution in [3.05, 3.63) is 23.8 Å². The van der Waals surface area contributed by atoms with Gasteiger partial charge in [-0.25, -0.2) is 14.0 Å². The predicted molar refractivity (Wildman–Crippen MR) is 111 cm³/mol. The largest absolute Gasteiger partial charge is 0.508 e. The smallest absolute Gasteiger partial charge is 0.145 e. The molecule has 0 amide bonds. The Hall–Kier alpha value is -0.730. The third-order valence-corrected chi connectivity index (χ3v) is 10.0. The maximum Gasteiger partial charge on any atom is 0.145 e. The lowest BCUT2D eigenvalue weighted by Gasteiger charge is -2.25. The molecule has 9 heteroatoms. The second kappa shape index (κ2) is 7.95.